The van der Waals surface area contributed by atoms with Crippen molar-refractivity contribution in [2.75, 3.05) is 26.2 Å². The largest absolute Gasteiger partial charge is 0.352 e. The lowest BCUT2D eigenvalue weighted by molar-refractivity contribution is 0.0951. The average Bonchev–Trinajstić information content (AvgIpc) is 2.98. The van der Waals surface area contributed by atoms with Gasteiger partial charge in [-0.25, -0.2) is 0 Å². The number of nitrogens with one attached hydrogen (secondary N) is 1. The number of aryl methyl sites for hydroxylation is 2. The van der Waals surface area contributed by atoms with E-state index in [9.17, 15) is 4.79 Å². The van der Waals surface area contributed by atoms with Crippen LogP contribution in [0.5, 0.6) is 0 Å². The molecule has 2 heterocycles. The first-order valence-electron chi connectivity index (χ1n) is 9.41. The van der Waals surface area contributed by atoms with Gasteiger partial charge >= 0.3 is 0 Å². The highest BCUT2D eigenvalue weighted by atomic mass is 16.1. The van der Waals surface area contributed by atoms with Crippen molar-refractivity contribution >= 4 is 5.91 Å². The van der Waals surface area contributed by atoms with Crippen LogP contribution in [0.1, 0.15) is 47.4 Å². The summed E-state index contributed by atoms with van der Waals surface area (Å²) >= 11 is 0. The van der Waals surface area contributed by atoms with Crippen molar-refractivity contribution in [3.8, 4) is 5.69 Å². The van der Waals surface area contributed by atoms with E-state index in [1.165, 1.54) is 43.7 Å². The second-order valence-electron chi connectivity index (χ2n) is 7.01. The van der Waals surface area contributed by atoms with Crippen molar-refractivity contribution in [1.29, 1.82) is 0 Å². The zero-order valence-corrected chi connectivity index (χ0v) is 15.4. The Labute approximate surface area is 150 Å². The minimum absolute atomic E-state index is 0.0196. The van der Waals surface area contributed by atoms with Gasteiger partial charge in [0, 0.05) is 29.2 Å². The lowest BCUT2D eigenvalue weighted by atomic mass is 10.1. The molecule has 3 rings (SSSR count). The summed E-state index contributed by atoms with van der Waals surface area (Å²) in [5.41, 5.74) is 4.23. The molecule has 25 heavy (non-hydrogen) atoms. The number of benzene rings is 1. The Morgan fingerprint density at radius 2 is 1.60 bits per heavy atom. The molecule has 1 saturated heterocycles. The molecular weight excluding hydrogens is 310 g/mol. The molecule has 1 N–H and O–H groups in total. The Bertz CT molecular complexity index is 677. The van der Waals surface area contributed by atoms with Crippen LogP contribution in [0.2, 0.25) is 0 Å². The third-order valence-electron chi connectivity index (χ3n) is 5.04. The van der Waals surface area contributed by atoms with Gasteiger partial charge in [-0.2, -0.15) is 0 Å². The Morgan fingerprint density at radius 1 is 0.960 bits per heavy atom. The molecule has 2 aromatic rings. The Morgan fingerprint density at radius 3 is 2.24 bits per heavy atom. The lowest BCUT2D eigenvalue weighted by Gasteiger charge is -2.26. The molecule has 0 aliphatic carbocycles. The van der Waals surface area contributed by atoms with E-state index < -0.39 is 0 Å². The van der Waals surface area contributed by atoms with Gasteiger partial charge in [0.2, 0.25) is 0 Å². The maximum absolute atomic E-state index is 12.3. The summed E-state index contributed by atoms with van der Waals surface area (Å²) in [7, 11) is 0. The molecule has 1 aromatic heterocycles. The van der Waals surface area contributed by atoms with Gasteiger partial charge in [0.25, 0.3) is 5.91 Å². The van der Waals surface area contributed by atoms with Crippen LogP contribution in [-0.4, -0.2) is 41.6 Å². The predicted octanol–water partition coefficient (Wildman–Crippen LogP) is 3.70. The van der Waals surface area contributed by atoms with Crippen LogP contribution in [0.3, 0.4) is 0 Å². The van der Waals surface area contributed by atoms with E-state index in [-0.39, 0.29) is 5.91 Å². The van der Waals surface area contributed by atoms with Crippen LogP contribution in [-0.2, 0) is 0 Å². The van der Waals surface area contributed by atoms with Gasteiger partial charge in [-0.05, 0) is 89.1 Å². The Kier molecular flexibility index (Phi) is 5.92. The second-order valence-corrected chi connectivity index (χ2v) is 7.01. The van der Waals surface area contributed by atoms with E-state index >= 15 is 0 Å². The summed E-state index contributed by atoms with van der Waals surface area (Å²) in [4.78, 5) is 14.8. The molecule has 1 aliphatic rings. The Hall–Kier alpha value is -2.07. The van der Waals surface area contributed by atoms with Gasteiger partial charge in [-0.1, -0.05) is 6.42 Å². The molecule has 0 radical (unpaired) electrons. The smallest absolute Gasteiger partial charge is 0.251 e. The summed E-state index contributed by atoms with van der Waals surface area (Å²) in [5.74, 6) is 0.0196. The van der Waals surface area contributed by atoms with Crippen LogP contribution >= 0.6 is 0 Å². The van der Waals surface area contributed by atoms with Crippen molar-refractivity contribution in [2.24, 2.45) is 0 Å². The highest BCUT2D eigenvalue weighted by Crippen LogP contribution is 2.17. The third-order valence-corrected chi connectivity index (χ3v) is 5.04. The van der Waals surface area contributed by atoms with Crippen LogP contribution in [0.15, 0.2) is 36.4 Å². The molecule has 0 bridgehead atoms. The molecule has 1 aliphatic heterocycles. The topological polar surface area (TPSA) is 37.3 Å². The van der Waals surface area contributed by atoms with Gasteiger partial charge in [-0.3, -0.25) is 4.79 Å². The summed E-state index contributed by atoms with van der Waals surface area (Å²) in [6, 6.07) is 12.1. The van der Waals surface area contributed by atoms with Crippen molar-refractivity contribution in [1.82, 2.24) is 14.8 Å². The van der Waals surface area contributed by atoms with E-state index in [1.54, 1.807) is 0 Å². The predicted molar refractivity (Wildman–Crippen MR) is 102 cm³/mol. The second kappa shape index (κ2) is 8.34. The summed E-state index contributed by atoms with van der Waals surface area (Å²) < 4.78 is 2.19. The average molecular weight is 339 g/mol. The fraction of sp³-hybridized carbons (Fsp3) is 0.476. The summed E-state index contributed by atoms with van der Waals surface area (Å²) in [6.45, 7) is 8.45. The molecule has 0 atom stereocenters. The minimum Gasteiger partial charge on any atom is -0.352 e. The van der Waals surface area contributed by atoms with E-state index in [4.69, 9.17) is 0 Å². The molecule has 0 unspecified atom stereocenters. The number of likely N-dealkylation sites (tertiary alicyclic amines) is 1. The number of aromatic nitrogens is 1. The van der Waals surface area contributed by atoms with Crippen LogP contribution in [0.25, 0.3) is 5.69 Å². The zero-order chi connectivity index (χ0) is 17.6. The summed E-state index contributed by atoms with van der Waals surface area (Å²) in [5, 5.41) is 3.04. The van der Waals surface area contributed by atoms with Crippen LogP contribution in [0, 0.1) is 13.8 Å². The van der Waals surface area contributed by atoms with Gasteiger partial charge in [0.05, 0.1) is 0 Å². The van der Waals surface area contributed by atoms with E-state index in [2.05, 4.69) is 40.8 Å². The van der Waals surface area contributed by atoms with Crippen LogP contribution < -0.4 is 5.32 Å². The normalized spacial score (nSPS) is 15.3. The third kappa shape index (κ3) is 4.51. The fourth-order valence-electron chi connectivity index (χ4n) is 3.63. The van der Waals surface area contributed by atoms with Gasteiger partial charge in [-0.15, -0.1) is 0 Å². The van der Waals surface area contributed by atoms with Crippen molar-refractivity contribution < 1.29 is 4.79 Å². The van der Waals surface area contributed by atoms with Gasteiger partial charge in [0.1, 0.15) is 0 Å². The van der Waals surface area contributed by atoms with Gasteiger partial charge < -0.3 is 14.8 Å². The number of rotatable bonds is 6. The lowest BCUT2D eigenvalue weighted by Crippen LogP contribution is -2.33. The number of hydrogen-bond acceptors (Lipinski definition) is 2. The molecule has 0 spiro atoms. The molecule has 0 saturated carbocycles. The monoisotopic (exact) mass is 339 g/mol. The number of hydrogen-bond donors (Lipinski definition) is 1. The first-order chi connectivity index (χ1) is 12.1. The maximum atomic E-state index is 12.3. The molecule has 1 amide bonds. The first-order valence-corrected chi connectivity index (χ1v) is 9.41. The highest BCUT2D eigenvalue weighted by Gasteiger charge is 2.10. The zero-order valence-electron chi connectivity index (χ0n) is 15.4. The van der Waals surface area contributed by atoms with Crippen LogP contribution in [0.4, 0.5) is 0 Å². The maximum Gasteiger partial charge on any atom is 0.251 e. The first kappa shape index (κ1) is 17.7. The Balaban J connectivity index is 1.49. The molecule has 1 aromatic carbocycles. The van der Waals surface area contributed by atoms with E-state index in [0.29, 0.717) is 0 Å². The van der Waals surface area contributed by atoms with Crippen molar-refractivity contribution in [3.05, 3.63) is 53.3 Å². The van der Waals surface area contributed by atoms with E-state index in [0.717, 1.165) is 30.8 Å². The van der Waals surface area contributed by atoms with Crippen molar-refractivity contribution in [2.45, 2.75) is 39.5 Å². The molecule has 4 nitrogen and oxygen atoms in total. The number of carbonyl (C=O) groups excluding carboxylic acids is 1. The quantitative estimate of drug-likeness (QED) is 0.815. The number of piperidine rings is 1. The molecule has 134 valence electrons. The molecule has 4 heteroatoms. The highest BCUT2D eigenvalue weighted by molar-refractivity contribution is 5.94. The molecular formula is C21H29N3O. The van der Waals surface area contributed by atoms with Crippen molar-refractivity contribution in [3.63, 3.8) is 0 Å². The SMILES string of the molecule is Cc1ccc(C)n1-c1ccc(C(=O)NCCCN2CCCCC2)cc1. The molecule has 1 fully saturated rings. The number of amides is 1. The summed E-state index contributed by atoms with van der Waals surface area (Å²) in [6.07, 6.45) is 5.02. The fourth-order valence-corrected chi connectivity index (χ4v) is 3.63. The number of carbonyl (C=O) groups is 1. The van der Waals surface area contributed by atoms with Gasteiger partial charge in [0.15, 0.2) is 0 Å². The minimum atomic E-state index is 0.0196. The standard InChI is InChI=1S/C21H29N3O/c1-17-7-8-18(2)24(17)20-11-9-19(10-12-20)21(25)22-13-6-16-23-14-4-3-5-15-23/h7-12H,3-6,13-16H2,1-2H3,(H,22,25). The number of nitrogens with zero attached hydrogens (tertiary/aromatic N) is 2. The van der Waals surface area contributed by atoms with E-state index in [1.807, 2.05) is 24.3 Å².